The minimum atomic E-state index is -0.209. The van der Waals surface area contributed by atoms with Crippen LogP contribution in [0.15, 0.2) is 48.5 Å². The number of rotatable bonds is 4. The second-order valence-corrected chi connectivity index (χ2v) is 7.06. The van der Waals surface area contributed by atoms with Gasteiger partial charge in [0.1, 0.15) is 0 Å². The quantitative estimate of drug-likeness (QED) is 0.740. The Morgan fingerprint density at radius 3 is 2.56 bits per heavy atom. The molecule has 3 aromatic rings. The van der Waals surface area contributed by atoms with Gasteiger partial charge in [-0.2, -0.15) is 0 Å². The fraction of sp³-hybridized carbons (Fsp3) is 0.227. The molecule has 2 aromatic carbocycles. The van der Waals surface area contributed by atoms with Crippen LogP contribution in [-0.4, -0.2) is 22.8 Å². The van der Waals surface area contributed by atoms with Crippen molar-refractivity contribution in [3.8, 4) is 0 Å². The molecule has 2 amide bonds. The SMILES string of the molecule is Cc1cc(C(=O)Nc2cc(C(=O)NC3CC3)ccc2C)c2ccccc2n1. The second-order valence-electron chi connectivity index (χ2n) is 7.06. The molecule has 0 radical (unpaired) electrons. The molecule has 27 heavy (non-hydrogen) atoms. The summed E-state index contributed by atoms with van der Waals surface area (Å²) in [5.41, 5.74) is 4.25. The fourth-order valence-electron chi connectivity index (χ4n) is 3.08. The number of nitrogens with zero attached hydrogens (tertiary/aromatic N) is 1. The number of aromatic nitrogens is 1. The molecule has 0 atom stereocenters. The summed E-state index contributed by atoms with van der Waals surface area (Å²) >= 11 is 0. The molecule has 2 N–H and O–H groups in total. The Hall–Kier alpha value is -3.21. The molecule has 1 aromatic heterocycles. The molecule has 1 saturated carbocycles. The third-order valence-electron chi connectivity index (χ3n) is 4.75. The van der Waals surface area contributed by atoms with Gasteiger partial charge in [-0.15, -0.1) is 0 Å². The minimum absolute atomic E-state index is 0.0989. The van der Waals surface area contributed by atoms with Crippen molar-refractivity contribution in [1.82, 2.24) is 10.3 Å². The van der Waals surface area contributed by atoms with Crippen molar-refractivity contribution >= 4 is 28.4 Å². The van der Waals surface area contributed by atoms with Crippen LogP contribution in [-0.2, 0) is 0 Å². The number of benzene rings is 2. The van der Waals surface area contributed by atoms with Crippen LogP contribution in [0.5, 0.6) is 0 Å². The van der Waals surface area contributed by atoms with E-state index >= 15 is 0 Å². The van der Waals surface area contributed by atoms with Gasteiger partial charge in [0.15, 0.2) is 0 Å². The molecule has 0 saturated heterocycles. The van der Waals surface area contributed by atoms with E-state index in [4.69, 9.17) is 0 Å². The molecule has 5 nitrogen and oxygen atoms in total. The predicted octanol–water partition coefficient (Wildman–Crippen LogP) is 4.00. The first-order chi connectivity index (χ1) is 13.0. The maximum absolute atomic E-state index is 13.0. The summed E-state index contributed by atoms with van der Waals surface area (Å²) in [5.74, 6) is -0.308. The van der Waals surface area contributed by atoms with Crippen LogP contribution in [0.2, 0.25) is 0 Å². The normalized spacial score (nSPS) is 13.4. The molecule has 0 unspecified atom stereocenters. The van der Waals surface area contributed by atoms with E-state index in [9.17, 15) is 9.59 Å². The Labute approximate surface area is 157 Å². The number of fused-ring (bicyclic) bond motifs is 1. The van der Waals surface area contributed by atoms with Crippen molar-refractivity contribution in [1.29, 1.82) is 0 Å². The molecule has 136 valence electrons. The summed E-state index contributed by atoms with van der Waals surface area (Å²) in [6.45, 7) is 3.78. The van der Waals surface area contributed by atoms with Crippen molar-refractivity contribution in [2.24, 2.45) is 0 Å². The zero-order valence-corrected chi connectivity index (χ0v) is 15.4. The lowest BCUT2D eigenvalue weighted by Crippen LogP contribution is -2.25. The monoisotopic (exact) mass is 359 g/mol. The van der Waals surface area contributed by atoms with Crippen molar-refractivity contribution in [3.05, 3.63) is 70.9 Å². The lowest BCUT2D eigenvalue weighted by molar-refractivity contribution is 0.0949. The van der Waals surface area contributed by atoms with Crippen LogP contribution in [0.1, 0.15) is 44.8 Å². The molecule has 1 fully saturated rings. The van der Waals surface area contributed by atoms with Gasteiger partial charge in [-0.05, 0) is 56.5 Å². The van der Waals surface area contributed by atoms with Gasteiger partial charge in [0.05, 0.1) is 11.1 Å². The fourth-order valence-corrected chi connectivity index (χ4v) is 3.08. The zero-order chi connectivity index (χ0) is 19.0. The lowest BCUT2D eigenvalue weighted by atomic mass is 10.1. The topological polar surface area (TPSA) is 71.1 Å². The first-order valence-corrected chi connectivity index (χ1v) is 9.10. The average Bonchev–Trinajstić information content (AvgIpc) is 3.46. The van der Waals surface area contributed by atoms with Crippen LogP contribution in [0.4, 0.5) is 5.69 Å². The summed E-state index contributed by atoms with van der Waals surface area (Å²) in [5, 5.41) is 6.74. The third kappa shape index (κ3) is 3.67. The number of hydrogen-bond donors (Lipinski definition) is 2. The van der Waals surface area contributed by atoms with Crippen molar-refractivity contribution < 1.29 is 9.59 Å². The predicted molar refractivity (Wildman–Crippen MR) is 106 cm³/mol. The molecule has 0 spiro atoms. The maximum atomic E-state index is 13.0. The van der Waals surface area contributed by atoms with E-state index < -0.39 is 0 Å². The van der Waals surface area contributed by atoms with E-state index in [1.807, 2.05) is 44.2 Å². The molecular formula is C22H21N3O2. The van der Waals surface area contributed by atoms with E-state index in [1.54, 1.807) is 18.2 Å². The molecule has 1 aliphatic rings. The minimum Gasteiger partial charge on any atom is -0.349 e. The van der Waals surface area contributed by atoms with Gasteiger partial charge >= 0.3 is 0 Å². The average molecular weight is 359 g/mol. The van der Waals surface area contributed by atoms with Crippen LogP contribution in [0.3, 0.4) is 0 Å². The Kier molecular flexibility index (Phi) is 4.36. The van der Waals surface area contributed by atoms with Crippen molar-refractivity contribution in [2.75, 3.05) is 5.32 Å². The molecular weight excluding hydrogens is 338 g/mol. The van der Waals surface area contributed by atoms with Gasteiger partial charge in [0.2, 0.25) is 0 Å². The second kappa shape index (κ2) is 6.83. The van der Waals surface area contributed by atoms with Crippen molar-refractivity contribution in [3.63, 3.8) is 0 Å². The Morgan fingerprint density at radius 1 is 1.00 bits per heavy atom. The summed E-state index contributed by atoms with van der Waals surface area (Å²) in [6.07, 6.45) is 2.07. The first-order valence-electron chi connectivity index (χ1n) is 9.10. The Bertz CT molecular complexity index is 1050. The van der Waals surface area contributed by atoms with E-state index in [0.29, 0.717) is 22.9 Å². The van der Waals surface area contributed by atoms with Crippen LogP contribution in [0.25, 0.3) is 10.9 Å². The van der Waals surface area contributed by atoms with Gasteiger partial charge in [-0.25, -0.2) is 0 Å². The summed E-state index contributed by atoms with van der Waals surface area (Å²) < 4.78 is 0. The molecule has 1 aliphatic carbocycles. The van der Waals surface area contributed by atoms with Gasteiger partial charge in [-0.3, -0.25) is 14.6 Å². The zero-order valence-electron chi connectivity index (χ0n) is 15.4. The maximum Gasteiger partial charge on any atom is 0.256 e. The number of carbonyl (C=O) groups excluding carboxylic acids is 2. The number of carbonyl (C=O) groups is 2. The Balaban J connectivity index is 1.64. The first kappa shape index (κ1) is 17.2. The summed E-state index contributed by atoms with van der Waals surface area (Å²) in [6, 6.07) is 15.0. The molecule has 5 heteroatoms. The van der Waals surface area contributed by atoms with Crippen LogP contribution in [0, 0.1) is 13.8 Å². The summed E-state index contributed by atoms with van der Waals surface area (Å²) in [7, 11) is 0. The van der Waals surface area contributed by atoms with E-state index in [0.717, 1.165) is 35.0 Å². The number of nitrogens with one attached hydrogen (secondary N) is 2. The smallest absolute Gasteiger partial charge is 0.256 e. The Morgan fingerprint density at radius 2 is 1.78 bits per heavy atom. The van der Waals surface area contributed by atoms with Crippen molar-refractivity contribution in [2.45, 2.75) is 32.7 Å². The molecule has 4 rings (SSSR count). The van der Waals surface area contributed by atoms with E-state index in [-0.39, 0.29) is 11.8 Å². The highest BCUT2D eigenvalue weighted by molar-refractivity contribution is 6.13. The number of anilines is 1. The highest BCUT2D eigenvalue weighted by Gasteiger charge is 2.24. The van der Waals surface area contributed by atoms with Gasteiger partial charge in [0, 0.05) is 28.4 Å². The van der Waals surface area contributed by atoms with E-state index in [1.165, 1.54) is 0 Å². The van der Waals surface area contributed by atoms with Crippen LogP contribution >= 0.6 is 0 Å². The van der Waals surface area contributed by atoms with Gasteiger partial charge in [0.25, 0.3) is 11.8 Å². The number of aryl methyl sites for hydroxylation is 2. The number of hydrogen-bond acceptors (Lipinski definition) is 3. The number of para-hydroxylation sites is 1. The van der Waals surface area contributed by atoms with Crippen LogP contribution < -0.4 is 10.6 Å². The van der Waals surface area contributed by atoms with E-state index in [2.05, 4.69) is 15.6 Å². The summed E-state index contributed by atoms with van der Waals surface area (Å²) in [4.78, 5) is 29.7. The largest absolute Gasteiger partial charge is 0.349 e. The number of pyridine rings is 1. The van der Waals surface area contributed by atoms with Gasteiger partial charge in [-0.1, -0.05) is 24.3 Å². The highest BCUT2D eigenvalue weighted by Crippen LogP contribution is 2.23. The lowest BCUT2D eigenvalue weighted by Gasteiger charge is -2.12. The van der Waals surface area contributed by atoms with Gasteiger partial charge < -0.3 is 10.6 Å². The third-order valence-corrected chi connectivity index (χ3v) is 4.75. The molecule has 0 bridgehead atoms. The highest BCUT2D eigenvalue weighted by atomic mass is 16.2. The standard InChI is InChI=1S/C22H21N3O2/c1-13-7-8-15(21(26)24-16-9-10-16)12-20(13)25-22(27)18-11-14(2)23-19-6-4-3-5-17(18)19/h3-8,11-12,16H,9-10H2,1-2H3,(H,24,26)(H,25,27). The molecule has 0 aliphatic heterocycles. The molecule has 1 heterocycles. The number of amides is 2.